The maximum absolute atomic E-state index is 7.52. The second-order valence-electron chi connectivity index (χ2n) is 19.8. The van der Waals surface area contributed by atoms with Crippen LogP contribution in [0.3, 0.4) is 0 Å². The summed E-state index contributed by atoms with van der Waals surface area (Å²) in [5.41, 5.74) is 5.91. The second-order valence-corrected chi connectivity index (χ2v) is 19.8. The standard InChI is InChI=1S/C65H76O11/c1-2-3-4-5-6-7-8-9-28-41-67-64-61(70-45-52-35-22-13-23-36-52)59(68-43-50-31-18-11-19-32-50)57(55(73-64)47-66-42-49-29-16-10-17-30-49)76-65-62(71-46-53-37-24-14-25-38-53)60(69-44-51-33-20-12-21-34-51)58-56(74-65)48-72-63(75-58)54-39-26-15-27-40-54/h2,10-27,29-40,55-65H,1,3-9,28,41-48H2/t55-,56-,57-,58+,59+,60+,61-,62-,63?,64-,65+/m1/s1. The van der Waals surface area contributed by atoms with Crippen molar-refractivity contribution in [3.8, 4) is 0 Å². The molecular formula is C65H76O11. The first kappa shape index (κ1) is 55.4. The van der Waals surface area contributed by atoms with Crippen molar-refractivity contribution in [3.05, 3.63) is 228 Å². The van der Waals surface area contributed by atoms with Crippen molar-refractivity contribution in [3.63, 3.8) is 0 Å². The number of hydrogen-bond donors (Lipinski definition) is 0. The quantitative estimate of drug-likeness (QED) is 0.0318. The van der Waals surface area contributed by atoms with Crippen molar-refractivity contribution in [2.24, 2.45) is 0 Å². The Morgan fingerprint density at radius 1 is 0.421 bits per heavy atom. The fraction of sp³-hybridized carbons (Fsp3) is 0.415. The Morgan fingerprint density at radius 2 is 0.868 bits per heavy atom. The molecule has 0 spiro atoms. The Morgan fingerprint density at radius 3 is 1.39 bits per heavy atom. The highest BCUT2D eigenvalue weighted by Crippen LogP contribution is 2.40. The number of benzene rings is 6. The van der Waals surface area contributed by atoms with Gasteiger partial charge in [0.2, 0.25) is 0 Å². The second kappa shape index (κ2) is 30.5. The zero-order valence-corrected chi connectivity index (χ0v) is 43.8. The van der Waals surface area contributed by atoms with Crippen LogP contribution in [0.1, 0.15) is 91.0 Å². The van der Waals surface area contributed by atoms with Crippen molar-refractivity contribution in [1.29, 1.82) is 0 Å². The Labute approximate surface area is 450 Å². The molecule has 3 aliphatic rings. The lowest BCUT2D eigenvalue weighted by Crippen LogP contribution is -2.67. The summed E-state index contributed by atoms with van der Waals surface area (Å²) in [7, 11) is 0. The molecule has 0 saturated carbocycles. The van der Waals surface area contributed by atoms with E-state index in [2.05, 4.69) is 55.1 Å². The molecule has 6 aromatic carbocycles. The number of ether oxygens (including phenoxy) is 11. The molecule has 11 atom stereocenters. The molecular weight excluding hydrogens is 957 g/mol. The van der Waals surface area contributed by atoms with Crippen LogP contribution >= 0.6 is 0 Å². The first-order valence-electron chi connectivity index (χ1n) is 27.4. The van der Waals surface area contributed by atoms with Gasteiger partial charge < -0.3 is 52.1 Å². The molecule has 0 aromatic heterocycles. The molecule has 1 unspecified atom stereocenters. The fourth-order valence-electron chi connectivity index (χ4n) is 10.0. The third-order valence-corrected chi connectivity index (χ3v) is 14.1. The largest absolute Gasteiger partial charge is 0.374 e. The van der Waals surface area contributed by atoms with Crippen molar-refractivity contribution >= 4 is 0 Å². The summed E-state index contributed by atoms with van der Waals surface area (Å²) in [6.07, 6.45) is 2.69. The van der Waals surface area contributed by atoms with Gasteiger partial charge in [0.05, 0.1) is 46.2 Å². The lowest BCUT2D eigenvalue weighted by atomic mass is 9.95. The van der Waals surface area contributed by atoms with Crippen LogP contribution < -0.4 is 0 Å². The highest BCUT2D eigenvalue weighted by Gasteiger charge is 2.56. The molecule has 3 fully saturated rings. The predicted octanol–water partition coefficient (Wildman–Crippen LogP) is 12.8. The molecule has 9 rings (SSSR count). The Kier molecular flexibility index (Phi) is 22.2. The maximum atomic E-state index is 7.52. The first-order chi connectivity index (χ1) is 37.7. The third kappa shape index (κ3) is 16.6. The molecule has 402 valence electrons. The van der Waals surface area contributed by atoms with E-state index in [0.717, 1.165) is 59.1 Å². The van der Waals surface area contributed by atoms with Crippen LogP contribution in [0.5, 0.6) is 0 Å². The van der Waals surface area contributed by atoms with Gasteiger partial charge in [0.25, 0.3) is 0 Å². The van der Waals surface area contributed by atoms with Gasteiger partial charge in [-0.15, -0.1) is 6.58 Å². The van der Waals surface area contributed by atoms with Crippen molar-refractivity contribution in [2.45, 2.75) is 152 Å². The smallest absolute Gasteiger partial charge is 0.187 e. The van der Waals surface area contributed by atoms with Crippen molar-refractivity contribution in [2.75, 3.05) is 19.8 Å². The number of unbranched alkanes of at least 4 members (excludes halogenated alkanes) is 7. The summed E-state index contributed by atoms with van der Waals surface area (Å²) in [6, 6.07) is 60.6. The van der Waals surface area contributed by atoms with Gasteiger partial charge in [-0.2, -0.15) is 0 Å². The van der Waals surface area contributed by atoms with E-state index in [9.17, 15) is 0 Å². The molecule has 3 saturated heterocycles. The summed E-state index contributed by atoms with van der Waals surface area (Å²) in [4.78, 5) is 0. The highest BCUT2D eigenvalue weighted by molar-refractivity contribution is 5.19. The summed E-state index contributed by atoms with van der Waals surface area (Å²) in [6.45, 7) is 6.17. The van der Waals surface area contributed by atoms with Gasteiger partial charge in [-0.25, -0.2) is 0 Å². The van der Waals surface area contributed by atoms with Crippen molar-refractivity contribution < 1.29 is 52.1 Å². The molecule has 6 aromatic rings. The van der Waals surface area contributed by atoms with Gasteiger partial charge in [-0.05, 0) is 47.1 Å². The minimum absolute atomic E-state index is 0.148. The molecule has 3 aliphatic heterocycles. The van der Waals surface area contributed by atoms with Crippen LogP contribution in [0.25, 0.3) is 0 Å². The van der Waals surface area contributed by atoms with Gasteiger partial charge in [0.15, 0.2) is 18.9 Å². The Bertz CT molecular complexity index is 2490. The minimum atomic E-state index is -1.04. The highest BCUT2D eigenvalue weighted by atomic mass is 16.8. The predicted molar refractivity (Wildman–Crippen MR) is 291 cm³/mol. The molecule has 3 heterocycles. The Balaban J connectivity index is 1.05. The van der Waals surface area contributed by atoms with Crippen LogP contribution in [-0.2, 0) is 85.1 Å². The van der Waals surface area contributed by atoms with E-state index in [4.69, 9.17) is 52.1 Å². The van der Waals surface area contributed by atoms with Crippen LogP contribution in [-0.4, -0.2) is 81.2 Å². The van der Waals surface area contributed by atoms with E-state index in [0.29, 0.717) is 19.8 Å². The minimum Gasteiger partial charge on any atom is -0.374 e. The summed E-state index contributed by atoms with van der Waals surface area (Å²) in [5.74, 6) is 0. The van der Waals surface area contributed by atoms with Gasteiger partial charge in [0, 0.05) is 12.2 Å². The molecule has 11 nitrogen and oxygen atoms in total. The normalized spacial score (nSPS) is 25.4. The molecule has 0 N–H and O–H groups in total. The monoisotopic (exact) mass is 1030 g/mol. The average molecular weight is 1030 g/mol. The van der Waals surface area contributed by atoms with Crippen LogP contribution in [0.4, 0.5) is 0 Å². The van der Waals surface area contributed by atoms with Crippen LogP contribution in [0.2, 0.25) is 0 Å². The number of fused-ring (bicyclic) bond motifs is 1. The molecule has 11 heteroatoms. The summed E-state index contributed by atoms with van der Waals surface area (Å²) in [5, 5.41) is 0. The van der Waals surface area contributed by atoms with Gasteiger partial charge in [-0.3, -0.25) is 0 Å². The van der Waals surface area contributed by atoms with E-state index >= 15 is 0 Å². The van der Waals surface area contributed by atoms with E-state index in [1.807, 2.05) is 140 Å². The van der Waals surface area contributed by atoms with Crippen LogP contribution in [0.15, 0.2) is 195 Å². The lowest BCUT2D eigenvalue weighted by molar-refractivity contribution is -0.397. The van der Waals surface area contributed by atoms with Gasteiger partial charge in [0.1, 0.15) is 48.8 Å². The molecule has 0 radical (unpaired) electrons. The van der Waals surface area contributed by atoms with E-state index in [-0.39, 0.29) is 33.0 Å². The zero-order valence-electron chi connectivity index (χ0n) is 43.8. The van der Waals surface area contributed by atoms with Crippen molar-refractivity contribution in [1.82, 2.24) is 0 Å². The maximum Gasteiger partial charge on any atom is 0.187 e. The molecule has 0 amide bonds. The number of hydrogen-bond acceptors (Lipinski definition) is 11. The SMILES string of the molecule is C=CCCCCCCCCCO[C@@H]1O[C@H](COCc2ccccc2)[C@@H](O[C@@H]2O[C@@H]3COC(c4ccccc4)O[C@@H]3[C@H](OCc3ccccc3)[C@H]2OCc2ccccc2)[C@H](OCc2ccccc2)[C@H]1OCc1ccccc1. The van der Waals surface area contributed by atoms with Gasteiger partial charge >= 0.3 is 0 Å². The van der Waals surface area contributed by atoms with E-state index in [1.165, 1.54) is 25.7 Å². The molecule has 0 bridgehead atoms. The van der Waals surface area contributed by atoms with Gasteiger partial charge in [-0.1, -0.05) is 220 Å². The Hall–Kier alpha value is -5.38. The lowest BCUT2D eigenvalue weighted by Gasteiger charge is -2.51. The zero-order chi connectivity index (χ0) is 51.8. The summed E-state index contributed by atoms with van der Waals surface area (Å²) >= 11 is 0. The molecule has 0 aliphatic carbocycles. The average Bonchev–Trinajstić information content (AvgIpc) is 3.47. The van der Waals surface area contributed by atoms with E-state index in [1.54, 1.807) is 0 Å². The third-order valence-electron chi connectivity index (χ3n) is 14.1. The molecule has 76 heavy (non-hydrogen) atoms. The summed E-state index contributed by atoms with van der Waals surface area (Å²) < 4.78 is 76.8. The first-order valence-corrected chi connectivity index (χ1v) is 27.4. The fourth-order valence-corrected chi connectivity index (χ4v) is 10.0. The topological polar surface area (TPSA) is 102 Å². The van der Waals surface area contributed by atoms with E-state index < -0.39 is 67.7 Å². The number of rotatable bonds is 30. The van der Waals surface area contributed by atoms with Crippen LogP contribution in [0, 0.1) is 0 Å². The number of allylic oxidation sites excluding steroid dienone is 1.